The summed E-state index contributed by atoms with van der Waals surface area (Å²) < 4.78 is 28.6. The monoisotopic (exact) mass is 409 g/mol. The van der Waals surface area contributed by atoms with Gasteiger partial charge in [-0.25, -0.2) is 13.6 Å². The minimum absolute atomic E-state index is 0.179. The lowest BCUT2D eigenvalue weighted by molar-refractivity contribution is 0.399. The van der Waals surface area contributed by atoms with E-state index < -0.39 is 21.8 Å². The van der Waals surface area contributed by atoms with Crippen LogP contribution in [0.25, 0.3) is 0 Å². The van der Waals surface area contributed by atoms with Gasteiger partial charge in [0.05, 0.1) is 0 Å². The molecule has 0 spiro atoms. The molecule has 2 aromatic carbocycles. The molecule has 1 aliphatic rings. The maximum absolute atomic E-state index is 14.0. The molecule has 2 aromatic rings. The summed E-state index contributed by atoms with van der Waals surface area (Å²) in [6, 6.07) is 12.4. The van der Waals surface area contributed by atoms with Crippen LogP contribution in [0.4, 0.5) is 4.39 Å². The Labute approximate surface area is 164 Å². The molecule has 3 N–H and O–H groups in total. The molecule has 5 nitrogen and oxygen atoms in total. The van der Waals surface area contributed by atoms with Gasteiger partial charge in [-0.05, 0) is 42.4 Å². The third kappa shape index (κ3) is 4.05. The number of benzene rings is 2. The lowest BCUT2D eigenvalue weighted by atomic mass is 9.85. The molecule has 1 aliphatic heterocycles. The smallest absolute Gasteiger partial charge is 0.204 e. The highest BCUT2D eigenvalue weighted by molar-refractivity contribution is 7.83. The van der Waals surface area contributed by atoms with Crippen molar-refractivity contribution in [1.29, 1.82) is 0 Å². The summed E-state index contributed by atoms with van der Waals surface area (Å²) in [7, 11) is 3.81. The molecule has 0 aromatic heterocycles. The van der Waals surface area contributed by atoms with Gasteiger partial charge in [-0.15, -0.1) is 9.24 Å². The first-order valence-electron chi connectivity index (χ1n) is 8.30. The van der Waals surface area contributed by atoms with Gasteiger partial charge in [0.15, 0.2) is 0 Å². The predicted octanol–water partition coefficient (Wildman–Crippen LogP) is 2.12. The van der Waals surface area contributed by atoms with Gasteiger partial charge in [0.2, 0.25) is 5.96 Å². The Morgan fingerprint density at radius 1 is 1.30 bits per heavy atom. The lowest BCUT2D eigenvalue weighted by Crippen LogP contribution is -2.50. The molecule has 0 bridgehead atoms. The van der Waals surface area contributed by atoms with Crippen molar-refractivity contribution < 1.29 is 13.7 Å². The number of rotatable bonds is 2. The highest BCUT2D eigenvalue weighted by atomic mass is 32.2. The standard InChI is InChI=1S/C18H21FN3OPS.CH4O/c1-11-5-4-6-12(9-11)16-18(2,21-17(20)22(3)25(16)23)14-10-13(19)7-8-15(14)24;1-2/h4-10,16H,24H2,1-3H3,(H2,20,21);2H,1H3/t16-,18-,25?;/m1./s1. The highest BCUT2D eigenvalue weighted by Crippen LogP contribution is 2.45. The maximum Gasteiger partial charge on any atom is 0.204 e. The molecule has 0 fully saturated rings. The molecule has 0 amide bonds. The van der Waals surface area contributed by atoms with Crippen LogP contribution in [0.3, 0.4) is 0 Å². The first-order valence-corrected chi connectivity index (χ1v) is 10.1. The van der Waals surface area contributed by atoms with Crippen molar-refractivity contribution in [3.05, 3.63) is 65.0 Å². The summed E-state index contributed by atoms with van der Waals surface area (Å²) in [5.74, 6) is -0.178. The summed E-state index contributed by atoms with van der Waals surface area (Å²) in [6.07, 6.45) is 0. The molecule has 1 heterocycles. The predicted molar refractivity (Wildman–Crippen MR) is 113 cm³/mol. The number of hydrogen-bond donors (Lipinski definition) is 2. The SMILES string of the molecule is CO.Cc1cccc([C@H]2S(=O)N(C)C(N)=N[C@]2(C)c2cc(F)ccc2P)c1. The summed E-state index contributed by atoms with van der Waals surface area (Å²) in [5, 5.41) is 7.32. The zero-order valence-corrected chi connectivity index (χ0v) is 17.8. The third-order valence-corrected chi connectivity index (χ3v) is 6.92. The molecule has 146 valence electrons. The summed E-state index contributed by atoms with van der Waals surface area (Å²) in [5.41, 5.74) is 7.68. The van der Waals surface area contributed by atoms with E-state index in [0.29, 0.717) is 5.56 Å². The average Bonchev–Trinajstić information content (AvgIpc) is 2.63. The van der Waals surface area contributed by atoms with Gasteiger partial charge < -0.3 is 10.8 Å². The fourth-order valence-corrected chi connectivity index (χ4v) is 5.22. The number of aliphatic imine (C=N–C) groups is 1. The molecule has 27 heavy (non-hydrogen) atoms. The second-order valence-corrected chi connectivity index (χ2v) is 8.61. The van der Waals surface area contributed by atoms with E-state index in [4.69, 9.17) is 10.8 Å². The van der Waals surface area contributed by atoms with E-state index in [9.17, 15) is 8.60 Å². The summed E-state index contributed by atoms with van der Waals surface area (Å²) >= 11 is 0. The fourth-order valence-electron chi connectivity index (χ4n) is 3.26. The largest absolute Gasteiger partial charge is 0.400 e. The molecule has 0 saturated heterocycles. The molecular weight excluding hydrogens is 384 g/mol. The van der Waals surface area contributed by atoms with Crippen molar-refractivity contribution >= 4 is 31.5 Å². The van der Waals surface area contributed by atoms with Gasteiger partial charge in [0.25, 0.3) is 0 Å². The van der Waals surface area contributed by atoms with Crippen LogP contribution >= 0.6 is 9.24 Å². The Hall–Kier alpha value is -1.82. The van der Waals surface area contributed by atoms with Crippen molar-refractivity contribution in [1.82, 2.24) is 4.31 Å². The van der Waals surface area contributed by atoms with Crippen molar-refractivity contribution in [2.75, 3.05) is 14.2 Å². The van der Waals surface area contributed by atoms with Gasteiger partial charge in [-0.1, -0.05) is 35.9 Å². The molecule has 4 atom stereocenters. The zero-order valence-electron chi connectivity index (χ0n) is 15.8. The Morgan fingerprint density at radius 3 is 2.59 bits per heavy atom. The van der Waals surface area contributed by atoms with Crippen LogP contribution in [0, 0.1) is 12.7 Å². The normalized spacial score (nSPS) is 24.7. The molecule has 0 saturated carbocycles. The second-order valence-electron chi connectivity index (χ2n) is 6.42. The van der Waals surface area contributed by atoms with Crippen LogP contribution in [0.15, 0.2) is 47.5 Å². The second kappa shape index (κ2) is 8.46. The Morgan fingerprint density at radius 2 is 1.96 bits per heavy atom. The van der Waals surface area contributed by atoms with Gasteiger partial charge in [-0.3, -0.25) is 4.31 Å². The van der Waals surface area contributed by atoms with Gasteiger partial charge in [0, 0.05) is 14.2 Å². The van der Waals surface area contributed by atoms with E-state index in [-0.39, 0.29) is 11.8 Å². The number of nitrogens with two attached hydrogens (primary N) is 1. The molecule has 2 unspecified atom stereocenters. The molecule has 3 rings (SSSR count). The van der Waals surface area contributed by atoms with E-state index in [0.717, 1.165) is 23.5 Å². The molecule has 0 radical (unpaired) electrons. The Bertz CT molecular complexity index is 893. The van der Waals surface area contributed by atoms with Crippen LogP contribution in [0.2, 0.25) is 0 Å². The number of aliphatic hydroxyl groups excluding tert-OH is 1. The highest BCUT2D eigenvalue weighted by Gasteiger charge is 2.47. The Kier molecular flexibility index (Phi) is 6.73. The Balaban J connectivity index is 0.00000126. The summed E-state index contributed by atoms with van der Waals surface area (Å²) in [6.45, 7) is 3.84. The first kappa shape index (κ1) is 21.5. The molecular formula is C19H25FN3O2PS. The van der Waals surface area contributed by atoms with Crippen LogP contribution < -0.4 is 11.0 Å². The van der Waals surface area contributed by atoms with Crippen LogP contribution in [-0.4, -0.2) is 33.7 Å². The van der Waals surface area contributed by atoms with Crippen LogP contribution in [0.1, 0.15) is 28.9 Å². The van der Waals surface area contributed by atoms with Crippen LogP contribution in [0.5, 0.6) is 0 Å². The van der Waals surface area contributed by atoms with Crippen molar-refractivity contribution in [3.8, 4) is 0 Å². The van der Waals surface area contributed by atoms with E-state index >= 15 is 0 Å². The number of guanidine groups is 1. The topological polar surface area (TPSA) is 78.9 Å². The molecule has 0 aliphatic carbocycles. The zero-order chi connectivity index (χ0) is 20.4. The molecule has 8 heteroatoms. The average molecular weight is 409 g/mol. The third-order valence-electron chi connectivity index (χ3n) is 4.56. The van der Waals surface area contributed by atoms with Gasteiger partial charge in [-0.2, -0.15) is 0 Å². The number of halogens is 1. The van der Waals surface area contributed by atoms with Crippen molar-refractivity contribution in [3.63, 3.8) is 0 Å². The number of nitrogens with zero attached hydrogens (tertiary/aromatic N) is 2. The quantitative estimate of drug-likeness (QED) is 0.746. The van der Waals surface area contributed by atoms with Crippen molar-refractivity contribution in [2.24, 2.45) is 10.7 Å². The van der Waals surface area contributed by atoms with E-state index in [1.807, 2.05) is 38.1 Å². The van der Waals surface area contributed by atoms with E-state index in [2.05, 4.69) is 14.2 Å². The number of aryl methyl sites for hydroxylation is 1. The first-order chi connectivity index (χ1) is 12.7. The van der Waals surface area contributed by atoms with Crippen molar-refractivity contribution in [2.45, 2.75) is 24.6 Å². The fraction of sp³-hybridized carbons (Fsp3) is 0.316. The minimum atomic E-state index is -1.45. The maximum atomic E-state index is 14.0. The van der Waals surface area contributed by atoms with E-state index in [1.54, 1.807) is 13.1 Å². The minimum Gasteiger partial charge on any atom is -0.400 e. The van der Waals surface area contributed by atoms with Gasteiger partial charge >= 0.3 is 0 Å². The summed E-state index contributed by atoms with van der Waals surface area (Å²) in [4.78, 5) is 4.65. The van der Waals surface area contributed by atoms with Crippen LogP contribution in [-0.2, 0) is 16.5 Å². The van der Waals surface area contributed by atoms with Gasteiger partial charge in [0.1, 0.15) is 27.6 Å². The lowest BCUT2D eigenvalue weighted by Gasteiger charge is -2.41. The number of hydrogen-bond acceptors (Lipinski definition) is 4. The number of aliphatic hydroxyl groups is 1. The van der Waals surface area contributed by atoms with E-state index in [1.165, 1.54) is 16.4 Å².